The molecule has 44 heavy (non-hydrogen) atoms. The first-order valence-electron chi connectivity index (χ1n) is 14.7. The Morgan fingerprint density at radius 1 is 1.11 bits per heavy atom. The fourth-order valence-corrected chi connectivity index (χ4v) is 6.32. The van der Waals surface area contributed by atoms with Crippen molar-refractivity contribution in [3.8, 4) is 12.1 Å². The van der Waals surface area contributed by atoms with E-state index in [9.17, 15) is 14.9 Å². The Morgan fingerprint density at radius 3 is 2.57 bits per heavy atom. The standard InChI is InChI=1S/C33H29BClFN8/c34-33(22-6-8-23(36)9-7-22,29-18-44(43-42-29)25-10-11-25)41-24-13-27-31(21(16-38)17-39-32(27)28(35)14-24)40-30(26-12-20(26)15-37)19-4-2-1-3-5-19/h1-9,13-14,17-18,20,25-26,30,41-43H,10-12,34H2,(H,39,40)/t20-,26?,30+,33?/m1/s1. The first-order valence-corrected chi connectivity index (χ1v) is 15.1. The normalized spacial score (nSPS) is 20.9. The maximum atomic E-state index is 14.0. The van der Waals surface area contributed by atoms with Crippen molar-refractivity contribution in [3.05, 3.63) is 112 Å². The molecule has 8 nitrogen and oxygen atoms in total. The summed E-state index contributed by atoms with van der Waals surface area (Å²) in [6.07, 6.45) is 6.59. The summed E-state index contributed by atoms with van der Waals surface area (Å²) in [6.45, 7) is 0. The van der Waals surface area contributed by atoms with Gasteiger partial charge >= 0.3 is 0 Å². The number of aromatic nitrogens is 1. The van der Waals surface area contributed by atoms with Gasteiger partial charge in [-0.1, -0.05) is 54.1 Å². The summed E-state index contributed by atoms with van der Waals surface area (Å²) >= 11 is 6.88. The van der Waals surface area contributed by atoms with Crippen molar-refractivity contribution in [2.24, 2.45) is 11.8 Å². The molecular formula is C33H29BClFN8. The number of halogens is 2. The third kappa shape index (κ3) is 5.17. The van der Waals surface area contributed by atoms with Crippen LogP contribution < -0.4 is 21.6 Å². The van der Waals surface area contributed by atoms with Crippen molar-refractivity contribution in [1.29, 1.82) is 10.5 Å². The Kier molecular flexibility index (Phi) is 7.05. The predicted octanol–water partition coefficient (Wildman–Crippen LogP) is 5.44. The number of rotatable bonds is 9. The molecule has 3 aromatic carbocycles. The molecule has 2 fully saturated rings. The van der Waals surface area contributed by atoms with Crippen LogP contribution in [0.5, 0.6) is 0 Å². The van der Waals surface area contributed by atoms with Gasteiger partial charge < -0.3 is 16.1 Å². The molecule has 4 atom stereocenters. The zero-order valence-electron chi connectivity index (χ0n) is 24.0. The largest absolute Gasteiger partial charge is 0.378 e. The van der Waals surface area contributed by atoms with Gasteiger partial charge in [-0.3, -0.25) is 9.99 Å². The smallest absolute Gasteiger partial charge is 0.148 e. The molecule has 2 saturated carbocycles. The zero-order valence-corrected chi connectivity index (χ0v) is 24.7. The Labute approximate surface area is 260 Å². The molecule has 3 aliphatic rings. The van der Waals surface area contributed by atoms with Gasteiger partial charge in [0, 0.05) is 35.4 Å². The Bertz CT molecular complexity index is 1850. The van der Waals surface area contributed by atoms with Crippen LogP contribution in [0.25, 0.3) is 10.9 Å². The van der Waals surface area contributed by atoms with E-state index < -0.39 is 5.44 Å². The lowest BCUT2D eigenvalue weighted by Gasteiger charge is -2.34. The molecule has 11 heteroatoms. The molecule has 0 saturated heterocycles. The highest BCUT2D eigenvalue weighted by Gasteiger charge is 2.44. The third-order valence-electron chi connectivity index (χ3n) is 8.82. The molecule has 218 valence electrons. The average molecular weight is 603 g/mol. The van der Waals surface area contributed by atoms with E-state index >= 15 is 0 Å². The molecule has 4 aromatic rings. The molecule has 0 radical (unpaired) electrons. The van der Waals surface area contributed by atoms with E-state index in [1.54, 1.807) is 12.1 Å². The molecule has 1 aromatic heterocycles. The van der Waals surface area contributed by atoms with Gasteiger partial charge in [0.15, 0.2) is 0 Å². The van der Waals surface area contributed by atoms with E-state index in [0.717, 1.165) is 36.1 Å². The van der Waals surface area contributed by atoms with Gasteiger partial charge in [0.1, 0.15) is 19.7 Å². The Balaban J connectivity index is 1.32. The number of nitriles is 2. The SMILES string of the molecule is BC(Nc1cc(Cl)c2ncc(C#N)c(N[C@@H](c3ccccc3)C3C[C@@H]3C#N)c2c1)(C1=CN(C2CC2)NN1)c1ccc(F)cc1. The van der Waals surface area contributed by atoms with Crippen molar-refractivity contribution in [3.63, 3.8) is 0 Å². The molecule has 1 aliphatic heterocycles. The highest BCUT2D eigenvalue weighted by Crippen LogP contribution is 2.49. The maximum Gasteiger partial charge on any atom is 0.148 e. The van der Waals surface area contributed by atoms with E-state index in [2.05, 4.69) is 43.7 Å². The van der Waals surface area contributed by atoms with Crippen molar-refractivity contribution in [2.45, 2.75) is 36.8 Å². The van der Waals surface area contributed by atoms with Crippen LogP contribution in [0.3, 0.4) is 0 Å². The van der Waals surface area contributed by atoms with Crippen LogP contribution >= 0.6 is 11.6 Å². The summed E-state index contributed by atoms with van der Waals surface area (Å²) < 4.78 is 14.0. The second-order valence-electron chi connectivity index (χ2n) is 11.9. The monoisotopic (exact) mass is 602 g/mol. The minimum Gasteiger partial charge on any atom is -0.378 e. The quantitative estimate of drug-likeness (QED) is 0.188. The van der Waals surface area contributed by atoms with Crippen LogP contribution in [0.15, 0.2) is 84.8 Å². The van der Waals surface area contributed by atoms with Gasteiger partial charge in [-0.25, -0.2) is 4.39 Å². The number of nitrogens with one attached hydrogen (secondary N) is 4. The van der Waals surface area contributed by atoms with Crippen molar-refractivity contribution in [2.75, 3.05) is 10.6 Å². The zero-order chi connectivity index (χ0) is 30.4. The summed E-state index contributed by atoms with van der Waals surface area (Å²) in [4.78, 5) is 4.55. The number of fused-ring (bicyclic) bond motifs is 1. The summed E-state index contributed by atoms with van der Waals surface area (Å²) in [5, 5.41) is 30.2. The number of benzene rings is 3. The molecule has 0 spiro atoms. The van der Waals surface area contributed by atoms with Crippen LogP contribution in [-0.2, 0) is 5.44 Å². The number of pyridine rings is 1. The Morgan fingerprint density at radius 2 is 1.89 bits per heavy atom. The predicted molar refractivity (Wildman–Crippen MR) is 171 cm³/mol. The molecule has 2 unspecified atom stereocenters. The molecule has 0 amide bonds. The summed E-state index contributed by atoms with van der Waals surface area (Å²) in [5.74, 6) is -0.262. The van der Waals surface area contributed by atoms with E-state index in [0.29, 0.717) is 38.9 Å². The lowest BCUT2D eigenvalue weighted by molar-refractivity contribution is 0.260. The molecular weight excluding hydrogens is 574 g/mol. The van der Waals surface area contributed by atoms with E-state index in [-0.39, 0.29) is 23.7 Å². The van der Waals surface area contributed by atoms with Gasteiger partial charge in [-0.15, -0.1) is 5.53 Å². The van der Waals surface area contributed by atoms with E-state index in [4.69, 9.17) is 11.6 Å². The van der Waals surface area contributed by atoms with Gasteiger partial charge in [0.05, 0.1) is 51.0 Å². The number of hydrazine groups is 2. The summed E-state index contributed by atoms with van der Waals surface area (Å²) in [6, 6.07) is 25.1. The number of hydrogen-bond acceptors (Lipinski definition) is 8. The van der Waals surface area contributed by atoms with Gasteiger partial charge in [-0.2, -0.15) is 10.5 Å². The van der Waals surface area contributed by atoms with Crippen molar-refractivity contribution in [1.82, 2.24) is 21.0 Å². The summed E-state index contributed by atoms with van der Waals surface area (Å²) in [7, 11) is 2.03. The molecule has 2 heterocycles. The van der Waals surface area contributed by atoms with Crippen LogP contribution in [-0.4, -0.2) is 23.9 Å². The first kappa shape index (κ1) is 28.0. The number of hydrogen-bond donors (Lipinski definition) is 4. The second-order valence-corrected chi connectivity index (χ2v) is 12.3. The van der Waals surface area contributed by atoms with E-state index in [1.165, 1.54) is 18.3 Å². The maximum absolute atomic E-state index is 14.0. The van der Waals surface area contributed by atoms with Crippen molar-refractivity contribution >= 4 is 41.7 Å². The molecule has 7 rings (SSSR count). The van der Waals surface area contributed by atoms with Crippen molar-refractivity contribution < 1.29 is 4.39 Å². The lowest BCUT2D eigenvalue weighted by Crippen LogP contribution is -2.45. The minimum absolute atomic E-state index is 0.0559. The molecule has 4 N–H and O–H groups in total. The molecule has 2 aliphatic carbocycles. The average Bonchev–Trinajstić information content (AvgIpc) is 3.98. The highest BCUT2D eigenvalue weighted by molar-refractivity contribution is 6.36. The van der Waals surface area contributed by atoms with Crippen LogP contribution in [0, 0.1) is 40.3 Å². The van der Waals surface area contributed by atoms with Gasteiger partial charge in [-0.05, 0) is 54.7 Å². The molecule has 0 bridgehead atoms. The number of nitrogens with zero attached hydrogens (tertiary/aromatic N) is 4. The van der Waals surface area contributed by atoms with E-state index in [1.807, 2.05) is 56.5 Å². The minimum atomic E-state index is -0.810. The topological polar surface area (TPSA) is 112 Å². The second kappa shape index (κ2) is 11.1. The van der Waals surface area contributed by atoms with Crippen LogP contribution in [0.2, 0.25) is 5.02 Å². The summed E-state index contributed by atoms with van der Waals surface area (Å²) in [5.41, 5.74) is 10.7. The fraction of sp³-hybridized carbons (Fsp3) is 0.242. The first-order chi connectivity index (χ1) is 21.4. The van der Waals surface area contributed by atoms with Crippen LogP contribution in [0.1, 0.15) is 42.0 Å². The Hall–Kier alpha value is -4.77. The fourth-order valence-electron chi connectivity index (χ4n) is 6.06. The van der Waals surface area contributed by atoms with Gasteiger partial charge in [0.25, 0.3) is 0 Å². The lowest BCUT2D eigenvalue weighted by atomic mass is 9.69. The highest BCUT2D eigenvalue weighted by atomic mass is 35.5. The third-order valence-corrected chi connectivity index (χ3v) is 9.11. The van der Waals surface area contributed by atoms with Gasteiger partial charge in [0.2, 0.25) is 0 Å². The van der Waals surface area contributed by atoms with Crippen LogP contribution in [0.4, 0.5) is 15.8 Å². The number of anilines is 2.